The zero-order valence-corrected chi connectivity index (χ0v) is 14.7. The molecule has 0 radical (unpaired) electrons. The van der Waals surface area contributed by atoms with Crippen LogP contribution in [0.2, 0.25) is 0 Å². The number of hydrogen-bond donors (Lipinski definition) is 2. The van der Waals surface area contributed by atoms with Crippen LogP contribution in [-0.4, -0.2) is 11.1 Å². The Labute approximate surface area is 159 Å². The topological polar surface area (TPSA) is 50.4 Å². The predicted molar refractivity (Wildman–Crippen MR) is 104 cm³/mol. The fourth-order valence-corrected chi connectivity index (χ4v) is 2.43. The van der Waals surface area contributed by atoms with Crippen molar-refractivity contribution in [2.24, 2.45) is 0 Å². The number of hydrogen-bond acceptors (Lipinski definition) is 3. The van der Waals surface area contributed by atoms with Crippen molar-refractivity contribution < 1.29 is 18.3 Å². The smallest absolute Gasteiger partial charge is 0.266 e. The molecule has 3 rings (SSSR count). The van der Waals surface area contributed by atoms with Gasteiger partial charge in [0, 0.05) is 11.3 Å². The molecule has 0 bridgehead atoms. The van der Waals surface area contributed by atoms with E-state index < -0.39 is 11.7 Å². The Hall–Kier alpha value is -3.32. The molecule has 2 N–H and O–H groups in total. The molecule has 136 valence electrons. The van der Waals surface area contributed by atoms with Gasteiger partial charge in [-0.3, -0.25) is 4.79 Å². The Morgan fingerprint density at radius 2 is 1.52 bits per heavy atom. The number of carbonyl (C=O) groups excluding carboxylic acids is 1. The van der Waals surface area contributed by atoms with Gasteiger partial charge in [-0.05, 0) is 72.9 Å². The normalized spacial score (nSPS) is 10.1. The van der Waals surface area contributed by atoms with E-state index in [1.54, 1.807) is 24.3 Å². The Morgan fingerprint density at radius 3 is 2.19 bits per heavy atom. The fourth-order valence-electron chi connectivity index (χ4n) is 2.22. The van der Waals surface area contributed by atoms with E-state index in [2.05, 4.69) is 10.6 Å². The highest BCUT2D eigenvalue weighted by Crippen LogP contribution is 2.17. The average Bonchev–Trinajstić information content (AvgIpc) is 2.66. The summed E-state index contributed by atoms with van der Waals surface area (Å²) in [6.07, 6.45) is 0. The van der Waals surface area contributed by atoms with Crippen LogP contribution in [0.25, 0.3) is 0 Å². The predicted octanol–water partition coefficient (Wildman–Crippen LogP) is 4.99. The van der Waals surface area contributed by atoms with Gasteiger partial charge in [-0.15, -0.1) is 0 Å². The van der Waals surface area contributed by atoms with E-state index in [1.807, 2.05) is 0 Å². The van der Waals surface area contributed by atoms with E-state index in [9.17, 15) is 13.6 Å². The lowest BCUT2D eigenvalue weighted by atomic mass is 10.2. The van der Waals surface area contributed by atoms with Gasteiger partial charge in [0.05, 0.1) is 5.69 Å². The summed E-state index contributed by atoms with van der Waals surface area (Å²) in [7, 11) is 0. The summed E-state index contributed by atoms with van der Waals surface area (Å²) >= 11 is 5.09. The molecule has 0 fully saturated rings. The standard InChI is InChI=1S/C20H14F2N2O2S/c21-14-7-9-15(10-8-14)23-20(27)26-16-11-5-13(6-12-16)19(25)24-18-4-2-1-3-17(18)22/h1-12H,(H,23,27)(H,24,25). The third-order valence-corrected chi connectivity index (χ3v) is 3.73. The van der Waals surface area contributed by atoms with Gasteiger partial charge in [-0.2, -0.15) is 0 Å². The number of rotatable bonds is 4. The van der Waals surface area contributed by atoms with Gasteiger partial charge < -0.3 is 15.4 Å². The first kappa shape index (κ1) is 18.5. The number of para-hydroxylation sites is 1. The second-order valence-corrected chi connectivity index (χ2v) is 5.85. The zero-order chi connectivity index (χ0) is 19.2. The molecule has 0 aliphatic heterocycles. The molecule has 7 heteroatoms. The number of nitrogens with one attached hydrogen (secondary N) is 2. The van der Waals surface area contributed by atoms with Gasteiger partial charge in [0.1, 0.15) is 17.4 Å². The van der Waals surface area contributed by atoms with Crippen LogP contribution in [0.3, 0.4) is 0 Å². The molecule has 0 atom stereocenters. The minimum absolute atomic E-state index is 0.0742. The molecule has 1 amide bonds. The van der Waals surface area contributed by atoms with Crippen molar-refractivity contribution in [2.75, 3.05) is 10.6 Å². The van der Waals surface area contributed by atoms with Gasteiger partial charge in [0.2, 0.25) is 0 Å². The monoisotopic (exact) mass is 384 g/mol. The Morgan fingerprint density at radius 1 is 0.852 bits per heavy atom. The van der Waals surface area contributed by atoms with Crippen LogP contribution in [-0.2, 0) is 0 Å². The summed E-state index contributed by atoms with van der Waals surface area (Å²) in [6, 6.07) is 17.8. The highest BCUT2D eigenvalue weighted by molar-refractivity contribution is 7.80. The van der Waals surface area contributed by atoms with E-state index in [1.165, 1.54) is 48.5 Å². The molecule has 27 heavy (non-hydrogen) atoms. The van der Waals surface area contributed by atoms with Crippen LogP contribution >= 0.6 is 12.2 Å². The van der Waals surface area contributed by atoms with Gasteiger partial charge in [0.15, 0.2) is 0 Å². The SMILES string of the molecule is O=C(Nc1ccccc1F)c1ccc(OC(=S)Nc2ccc(F)cc2)cc1. The van der Waals surface area contributed by atoms with Crippen LogP contribution in [0.1, 0.15) is 10.4 Å². The number of carbonyl (C=O) groups is 1. The van der Waals surface area contributed by atoms with E-state index >= 15 is 0 Å². The highest BCUT2D eigenvalue weighted by Gasteiger charge is 2.09. The second-order valence-electron chi connectivity index (χ2n) is 5.48. The van der Waals surface area contributed by atoms with Crippen molar-refractivity contribution >= 4 is 34.7 Å². The number of halogens is 2. The lowest BCUT2D eigenvalue weighted by Crippen LogP contribution is -2.16. The molecule has 0 heterocycles. The number of ether oxygens (including phenoxy) is 1. The van der Waals surface area contributed by atoms with Crippen molar-refractivity contribution in [3.8, 4) is 5.75 Å². The number of amides is 1. The molecule has 3 aromatic carbocycles. The molecule has 0 saturated carbocycles. The van der Waals surface area contributed by atoms with Crippen molar-refractivity contribution in [1.82, 2.24) is 0 Å². The fraction of sp³-hybridized carbons (Fsp3) is 0. The van der Waals surface area contributed by atoms with Crippen molar-refractivity contribution in [2.45, 2.75) is 0 Å². The summed E-state index contributed by atoms with van der Waals surface area (Å²) in [5.41, 5.74) is 1.03. The molecule has 0 aromatic heterocycles. The summed E-state index contributed by atoms with van der Waals surface area (Å²) in [5, 5.41) is 5.39. The second kappa shape index (κ2) is 8.37. The van der Waals surface area contributed by atoms with Crippen LogP contribution < -0.4 is 15.4 Å². The minimum atomic E-state index is -0.511. The zero-order valence-electron chi connectivity index (χ0n) is 13.9. The maximum atomic E-state index is 13.6. The molecule has 0 aliphatic carbocycles. The van der Waals surface area contributed by atoms with Crippen LogP contribution in [0.15, 0.2) is 72.8 Å². The first-order valence-electron chi connectivity index (χ1n) is 7.91. The van der Waals surface area contributed by atoms with Gasteiger partial charge >= 0.3 is 0 Å². The minimum Gasteiger partial charge on any atom is -0.432 e. The summed E-state index contributed by atoms with van der Waals surface area (Å²) in [6.45, 7) is 0. The number of anilines is 2. The summed E-state index contributed by atoms with van der Waals surface area (Å²) < 4.78 is 31.9. The largest absolute Gasteiger partial charge is 0.432 e. The van der Waals surface area contributed by atoms with E-state index in [4.69, 9.17) is 17.0 Å². The Balaban J connectivity index is 1.59. The van der Waals surface area contributed by atoms with Gasteiger partial charge in [-0.25, -0.2) is 8.78 Å². The molecule has 0 spiro atoms. The molecule has 4 nitrogen and oxygen atoms in total. The molecule has 0 unspecified atom stereocenters. The first-order chi connectivity index (χ1) is 13.0. The Kier molecular flexibility index (Phi) is 5.73. The number of thiocarbonyl (C=S) groups is 1. The molecule has 0 saturated heterocycles. The lowest BCUT2D eigenvalue weighted by molar-refractivity contribution is 0.102. The van der Waals surface area contributed by atoms with Crippen molar-refractivity contribution in [3.05, 3.63) is 90.0 Å². The summed E-state index contributed by atoms with van der Waals surface area (Å²) in [5.74, 6) is -0.893. The Bertz CT molecular complexity index is 960. The van der Waals surface area contributed by atoms with E-state index in [0.717, 1.165) is 0 Å². The maximum Gasteiger partial charge on any atom is 0.266 e. The van der Waals surface area contributed by atoms with E-state index in [0.29, 0.717) is 17.0 Å². The maximum absolute atomic E-state index is 13.6. The highest BCUT2D eigenvalue weighted by atomic mass is 32.1. The average molecular weight is 384 g/mol. The van der Waals surface area contributed by atoms with Crippen LogP contribution in [0, 0.1) is 11.6 Å². The van der Waals surface area contributed by atoms with E-state index in [-0.39, 0.29) is 16.7 Å². The lowest BCUT2D eigenvalue weighted by Gasteiger charge is -2.10. The summed E-state index contributed by atoms with van der Waals surface area (Å²) in [4.78, 5) is 12.2. The third-order valence-electron chi connectivity index (χ3n) is 3.54. The first-order valence-corrected chi connectivity index (χ1v) is 8.32. The molecular weight excluding hydrogens is 370 g/mol. The van der Waals surface area contributed by atoms with Gasteiger partial charge in [0.25, 0.3) is 11.1 Å². The van der Waals surface area contributed by atoms with Crippen molar-refractivity contribution in [3.63, 3.8) is 0 Å². The molecular formula is C20H14F2N2O2S. The van der Waals surface area contributed by atoms with Crippen LogP contribution in [0.5, 0.6) is 5.75 Å². The van der Waals surface area contributed by atoms with Gasteiger partial charge in [-0.1, -0.05) is 12.1 Å². The third kappa shape index (κ3) is 5.08. The molecule has 3 aromatic rings. The number of benzene rings is 3. The van der Waals surface area contributed by atoms with Crippen molar-refractivity contribution in [1.29, 1.82) is 0 Å². The quantitative estimate of drug-likeness (QED) is 0.622. The molecule has 0 aliphatic rings. The van der Waals surface area contributed by atoms with Crippen LogP contribution in [0.4, 0.5) is 20.2 Å².